The number of benzene rings is 6. The maximum Gasteiger partial charge on any atom is 0.337 e. The lowest BCUT2D eigenvalue weighted by molar-refractivity contribution is 0.0591. The number of aromatic nitrogens is 12. The van der Waals surface area contributed by atoms with E-state index in [1.165, 1.54) is 106 Å². The second kappa shape index (κ2) is 36.9. The van der Waals surface area contributed by atoms with Crippen molar-refractivity contribution in [1.29, 1.82) is 0 Å². The third-order valence-corrected chi connectivity index (χ3v) is 14.1. The lowest BCUT2D eigenvalue weighted by Crippen LogP contribution is -2.26. The predicted octanol–water partition coefficient (Wildman–Crippen LogP) is 12.3. The molecule has 0 unspecified atom stereocenters. The first-order chi connectivity index (χ1) is 47.3. The number of nitrogens with one attached hydrogen (secondary N) is 4. The number of carbonyl (C=O) groups is 4. The zero-order chi connectivity index (χ0) is 70.7. The largest absolute Gasteiger partial charge is 0.493 e. The Morgan fingerprint density at radius 3 is 1.36 bits per heavy atom. The molecule has 12 rings (SSSR count). The number of carboxylic acid groups (broad SMARTS) is 1. The molecular weight excluding hydrogens is 1340 g/mol. The van der Waals surface area contributed by atoms with E-state index < -0.39 is 35.7 Å². The van der Waals surface area contributed by atoms with E-state index >= 15 is 0 Å². The first kappa shape index (κ1) is 73.7. The summed E-state index contributed by atoms with van der Waals surface area (Å²) >= 11 is 3.33. The van der Waals surface area contributed by atoms with E-state index in [0.29, 0.717) is 89.7 Å². The number of carbonyl (C=O) groups excluding carboxylic acids is 3. The number of amides is 1. The molecule has 0 bridgehead atoms. The monoisotopic (exact) mass is 1410 g/mol. The highest BCUT2D eigenvalue weighted by Gasteiger charge is 2.19. The third-order valence-electron chi connectivity index (χ3n) is 13.5. The van der Waals surface area contributed by atoms with Crippen molar-refractivity contribution in [3.8, 4) is 40.1 Å². The number of fused-ring (bicyclic) bond motifs is 2. The number of aromatic carboxylic acids is 1. The van der Waals surface area contributed by atoms with Crippen molar-refractivity contribution < 1.29 is 70.3 Å². The van der Waals surface area contributed by atoms with Gasteiger partial charge in [-0.05, 0) is 135 Å². The van der Waals surface area contributed by atoms with Crippen molar-refractivity contribution in [2.45, 2.75) is 40.8 Å². The number of para-hydroxylation sites is 2. The van der Waals surface area contributed by atoms with E-state index in [1.54, 1.807) is 79.7 Å². The normalized spacial score (nSPS) is 10.4. The topological polar surface area (TPSA) is 299 Å². The van der Waals surface area contributed by atoms with Gasteiger partial charge in [0.05, 0.1) is 91.4 Å². The summed E-state index contributed by atoms with van der Waals surface area (Å²) in [5.74, 6) is -2.29. The third kappa shape index (κ3) is 20.4. The second-order valence-corrected chi connectivity index (χ2v) is 20.9. The van der Waals surface area contributed by atoms with Crippen LogP contribution in [0.15, 0.2) is 175 Å². The number of ether oxygens (including phenoxy) is 6. The number of esters is 2. The molecule has 25 nitrogen and oxygen atoms in total. The van der Waals surface area contributed by atoms with Crippen molar-refractivity contribution in [2.75, 3.05) is 54.7 Å². The van der Waals surface area contributed by atoms with Gasteiger partial charge in [-0.15, -0.1) is 15.3 Å². The fourth-order valence-electron chi connectivity index (χ4n) is 9.07. The van der Waals surface area contributed by atoms with E-state index in [9.17, 15) is 36.7 Å². The van der Waals surface area contributed by atoms with Gasteiger partial charge in [0.2, 0.25) is 23.8 Å². The zero-order valence-corrected chi connectivity index (χ0v) is 55.9. The van der Waals surface area contributed by atoms with Crippen LogP contribution >= 0.6 is 15.9 Å². The van der Waals surface area contributed by atoms with Crippen molar-refractivity contribution in [1.82, 2.24) is 70.2 Å². The van der Waals surface area contributed by atoms with Gasteiger partial charge in [0.1, 0.15) is 40.1 Å². The molecule has 12 aromatic rings. The van der Waals surface area contributed by atoms with Crippen LogP contribution in [0, 0.1) is 23.8 Å². The van der Waals surface area contributed by atoms with Gasteiger partial charge in [0, 0.05) is 79.3 Å². The lowest BCUT2D eigenvalue weighted by Gasteiger charge is -2.19. The Kier molecular flexibility index (Phi) is 27.7. The van der Waals surface area contributed by atoms with E-state index in [0.717, 1.165) is 33.0 Å². The van der Waals surface area contributed by atoms with Gasteiger partial charge in [-0.25, -0.2) is 28.4 Å². The molecule has 6 heterocycles. The zero-order valence-electron chi connectivity index (χ0n) is 54.3. The molecule has 0 aliphatic rings. The predicted molar refractivity (Wildman–Crippen MR) is 358 cm³/mol. The van der Waals surface area contributed by atoms with Crippen LogP contribution in [-0.2, 0) is 22.6 Å². The average molecular weight is 1410 g/mol. The van der Waals surface area contributed by atoms with E-state index in [4.69, 9.17) is 24.1 Å². The van der Waals surface area contributed by atoms with Crippen LogP contribution in [0.2, 0.25) is 0 Å². The van der Waals surface area contributed by atoms with Gasteiger partial charge in [-0.3, -0.25) is 20.1 Å². The maximum absolute atomic E-state index is 13.3. The van der Waals surface area contributed by atoms with Crippen molar-refractivity contribution in [3.05, 3.63) is 232 Å². The van der Waals surface area contributed by atoms with Crippen LogP contribution in [0.3, 0.4) is 0 Å². The first-order valence-electron chi connectivity index (χ1n) is 30.0. The Balaban J connectivity index is 0.000000174. The summed E-state index contributed by atoms with van der Waals surface area (Å²) in [5.41, 5.74) is 7.32. The van der Waals surface area contributed by atoms with Gasteiger partial charge < -0.3 is 43.7 Å². The minimum atomic E-state index is -1.05. The molecule has 0 aliphatic heterocycles. The van der Waals surface area contributed by atoms with Crippen LogP contribution in [-0.4, -0.2) is 148 Å². The number of halogens is 5. The van der Waals surface area contributed by atoms with Gasteiger partial charge in [-0.1, -0.05) is 36.4 Å². The van der Waals surface area contributed by atoms with E-state index in [1.807, 2.05) is 58.3 Å². The highest BCUT2D eigenvalue weighted by Crippen LogP contribution is 2.30. The highest BCUT2D eigenvalue weighted by atomic mass is 79.9. The number of methoxy groups -OCH3 is 2. The number of hydrogen-bond donors (Lipinski definition) is 5. The lowest BCUT2D eigenvalue weighted by atomic mass is 10.1. The van der Waals surface area contributed by atoms with Crippen molar-refractivity contribution >= 4 is 61.6 Å². The summed E-state index contributed by atoms with van der Waals surface area (Å²) < 4.78 is 86.5. The second-order valence-electron chi connectivity index (χ2n) is 20.1. The molecule has 6 aromatic carbocycles. The molecule has 0 saturated carbocycles. The summed E-state index contributed by atoms with van der Waals surface area (Å²) in [4.78, 5) is 48.1. The molecule has 98 heavy (non-hydrogen) atoms. The minimum absolute atomic E-state index is 0.106. The van der Waals surface area contributed by atoms with Crippen LogP contribution in [0.5, 0.6) is 23.0 Å². The molecule has 1 amide bonds. The number of aromatic amines is 3. The molecule has 0 saturated heterocycles. The van der Waals surface area contributed by atoms with Gasteiger partial charge in [-0.2, -0.15) is 32.9 Å². The molecule has 6 aromatic heterocycles. The average Bonchev–Trinajstić information content (AvgIpc) is 1.36. The van der Waals surface area contributed by atoms with Crippen LogP contribution in [0.25, 0.3) is 38.9 Å². The Hall–Kier alpha value is -11.7. The van der Waals surface area contributed by atoms with Crippen LogP contribution < -0.4 is 24.3 Å². The van der Waals surface area contributed by atoms with Crippen LogP contribution in [0.4, 0.5) is 17.6 Å². The summed E-state index contributed by atoms with van der Waals surface area (Å²) in [6, 6.07) is 36.3. The summed E-state index contributed by atoms with van der Waals surface area (Å²) in [7, 11) is 6.34. The molecule has 5 N–H and O–H groups in total. The molecule has 512 valence electrons. The first-order valence-corrected chi connectivity index (χ1v) is 30.8. The van der Waals surface area contributed by atoms with Gasteiger partial charge >= 0.3 is 17.9 Å². The molecule has 0 atom stereocenters. The fraction of sp³-hybridized carbons (Fsp3) is 0.206. The molecule has 0 radical (unpaired) electrons. The molecule has 0 spiro atoms. The quantitative estimate of drug-likeness (QED) is 0.0371. The van der Waals surface area contributed by atoms with Crippen LogP contribution in [0.1, 0.15) is 80.3 Å². The number of hydrogen-bond acceptors (Lipinski definition) is 17. The Morgan fingerprint density at radius 1 is 0.531 bits per heavy atom. The molecular formula is C68H69BrF4N14O11. The standard InChI is InChI=1S/C21H20FN5O2.C13H13FN2O3.C12H11FN2O3.C10H11BrO3.C9H11N3.C3H3FN2/c1-3-29-18-11-14(7-8-17(18)27-10-9-19(22)25-27)21(28)26(2)13-16-6-4-5-15-12-23-24-20(15)16;1-3-19-11-8-9(13(17)18-2)4-5-10(11)16-7-6-12(14)15-16;1-2-18-10-7-8(12(16)17)3-4-9(10)15-6-5-11(13)14-15;1-3-14-9-6-7(10(12)13-2)4-5-8(9)11;1-10-5-7-3-2-4-8-6-11-12-9(7)8;4-3-1-2-5-6-3/h4-12H,3,13H2,1-2H3,(H,23,24);4-8H,3H2,1-2H3;3-7H,2H2,1H3,(H,16,17);4-6H,3H2,1-2H3;2-4,6,10H,5H2,1H3,(H,11,12);1-2H,(H,5,6). The summed E-state index contributed by atoms with van der Waals surface area (Å²) in [6.45, 7) is 10.4. The van der Waals surface area contributed by atoms with Gasteiger partial charge in [0.15, 0.2) is 0 Å². The number of rotatable bonds is 19. The Bertz CT molecular complexity index is 4560. The highest BCUT2D eigenvalue weighted by molar-refractivity contribution is 9.10. The number of nitrogens with zero attached hydrogens (tertiary/aromatic N) is 10. The Morgan fingerprint density at radius 2 is 0.949 bits per heavy atom. The minimum Gasteiger partial charge on any atom is -0.493 e. The Labute approximate surface area is 567 Å². The SMILES string of the molecule is CCOc1cc(C(=O)N(C)Cc2cccc3cn[nH]c23)ccc1-n1ccc(F)n1.CCOc1cc(C(=O)O)ccc1-n1ccc(F)n1.CCOc1cc(C(=O)OC)ccc1-n1ccc(F)n1.CCOc1cc(C(=O)OC)ccc1Br.CNCc1cccc2cn[nH]c12.Fc1ccn[nH]1. The van der Waals surface area contributed by atoms with E-state index in [2.05, 4.69) is 88.7 Å². The molecule has 0 fully saturated rings. The van der Waals surface area contributed by atoms with E-state index in [-0.39, 0.29) is 17.4 Å². The summed E-state index contributed by atoms with van der Waals surface area (Å²) in [6.07, 6.45) is 9.38. The number of carboxylic acids is 1. The maximum atomic E-state index is 13.3. The van der Waals surface area contributed by atoms with Crippen molar-refractivity contribution in [3.63, 3.8) is 0 Å². The summed E-state index contributed by atoms with van der Waals surface area (Å²) in [5, 5.41) is 44.7. The fourth-order valence-corrected chi connectivity index (χ4v) is 9.43. The number of H-pyrrole nitrogens is 3. The smallest absolute Gasteiger partial charge is 0.337 e. The van der Waals surface area contributed by atoms with Gasteiger partial charge in [0.25, 0.3) is 5.91 Å². The molecule has 0 aliphatic carbocycles. The molecule has 30 heteroatoms. The van der Waals surface area contributed by atoms with Crippen molar-refractivity contribution in [2.24, 2.45) is 0 Å².